The Morgan fingerprint density at radius 2 is 1.57 bits per heavy atom. The zero-order valence-corrected chi connectivity index (χ0v) is 15.3. The van der Waals surface area contributed by atoms with Crippen LogP contribution < -0.4 is 0 Å². The van der Waals surface area contributed by atoms with Crippen molar-refractivity contribution in [2.45, 2.75) is 90.8 Å². The van der Waals surface area contributed by atoms with Crippen molar-refractivity contribution in [1.29, 1.82) is 0 Å². The Bertz CT molecular complexity index is 461. The number of fused-ring (bicyclic) bond motifs is 5. The first-order valence-corrected chi connectivity index (χ1v) is 10.2. The minimum absolute atomic E-state index is 0.0374. The molecule has 0 unspecified atom stereocenters. The van der Waals surface area contributed by atoms with E-state index in [1.54, 1.807) is 0 Å². The summed E-state index contributed by atoms with van der Waals surface area (Å²) in [6, 6.07) is 0. The zero-order chi connectivity index (χ0) is 16.4. The fourth-order valence-corrected chi connectivity index (χ4v) is 8.07. The second-order valence-corrected chi connectivity index (χ2v) is 10.1. The number of aliphatic hydroxyl groups excluding tert-OH is 2. The van der Waals surface area contributed by atoms with Crippen LogP contribution in [0.25, 0.3) is 0 Å². The maximum absolute atomic E-state index is 10.3. The van der Waals surface area contributed by atoms with Gasteiger partial charge in [-0.3, -0.25) is 0 Å². The molecular weight excluding hydrogens is 284 g/mol. The molecule has 0 aromatic carbocycles. The van der Waals surface area contributed by atoms with Gasteiger partial charge in [0, 0.05) is 0 Å². The van der Waals surface area contributed by atoms with Crippen molar-refractivity contribution >= 4 is 0 Å². The molecule has 4 fully saturated rings. The van der Waals surface area contributed by atoms with Crippen molar-refractivity contribution in [1.82, 2.24) is 0 Å². The molecule has 2 nitrogen and oxygen atoms in total. The average molecular weight is 321 g/mol. The van der Waals surface area contributed by atoms with Gasteiger partial charge in [-0.25, -0.2) is 0 Å². The molecule has 0 spiro atoms. The van der Waals surface area contributed by atoms with Gasteiger partial charge in [0.2, 0.25) is 0 Å². The van der Waals surface area contributed by atoms with E-state index >= 15 is 0 Å². The van der Waals surface area contributed by atoms with Crippen LogP contribution in [0, 0.1) is 40.4 Å². The molecule has 0 heterocycles. The van der Waals surface area contributed by atoms with Crippen LogP contribution in [0.4, 0.5) is 0 Å². The van der Waals surface area contributed by atoms with Crippen LogP contribution in [0.15, 0.2) is 0 Å². The van der Waals surface area contributed by atoms with Gasteiger partial charge in [-0.15, -0.1) is 0 Å². The van der Waals surface area contributed by atoms with Gasteiger partial charge in [-0.1, -0.05) is 13.8 Å². The zero-order valence-electron chi connectivity index (χ0n) is 15.3. The lowest BCUT2D eigenvalue weighted by atomic mass is 9.44. The summed E-state index contributed by atoms with van der Waals surface area (Å²) in [6.07, 6.45) is 11.1. The van der Waals surface area contributed by atoms with E-state index in [1.165, 1.54) is 44.9 Å². The summed E-state index contributed by atoms with van der Waals surface area (Å²) in [4.78, 5) is 0. The molecular formula is C21H36O2. The first-order valence-electron chi connectivity index (χ1n) is 10.2. The SMILES string of the molecule is C[C@H](O)[C@@H]1CC[C@@H]2[C@@H]3CC[C@@H]4C[C@H](O)CC[C@]4(C)[C@@H]3CC[C@]21C. The van der Waals surface area contributed by atoms with Crippen molar-refractivity contribution in [2.75, 3.05) is 0 Å². The molecule has 0 aliphatic heterocycles. The smallest absolute Gasteiger partial charge is 0.0545 e. The van der Waals surface area contributed by atoms with Crippen LogP contribution in [0.1, 0.15) is 78.6 Å². The molecule has 23 heavy (non-hydrogen) atoms. The van der Waals surface area contributed by atoms with E-state index in [0.717, 1.165) is 36.5 Å². The summed E-state index contributed by atoms with van der Waals surface area (Å²) in [6.45, 7) is 7.08. The van der Waals surface area contributed by atoms with E-state index in [9.17, 15) is 10.2 Å². The predicted molar refractivity (Wildman–Crippen MR) is 92.9 cm³/mol. The van der Waals surface area contributed by atoms with Gasteiger partial charge in [0.15, 0.2) is 0 Å². The average Bonchev–Trinajstić information content (AvgIpc) is 2.85. The Morgan fingerprint density at radius 3 is 2.30 bits per heavy atom. The Kier molecular flexibility index (Phi) is 3.89. The van der Waals surface area contributed by atoms with Gasteiger partial charge >= 0.3 is 0 Å². The number of aliphatic hydroxyl groups is 2. The highest BCUT2D eigenvalue weighted by Crippen LogP contribution is 2.67. The Balaban J connectivity index is 1.60. The molecule has 2 N–H and O–H groups in total. The molecule has 0 aromatic heterocycles. The summed E-state index contributed by atoms with van der Waals surface area (Å²) in [5.74, 6) is 3.87. The highest BCUT2D eigenvalue weighted by molar-refractivity contribution is 5.09. The van der Waals surface area contributed by atoms with Crippen LogP contribution >= 0.6 is 0 Å². The highest BCUT2D eigenvalue weighted by atomic mass is 16.3. The van der Waals surface area contributed by atoms with Crippen molar-refractivity contribution < 1.29 is 10.2 Å². The molecule has 0 bridgehead atoms. The summed E-state index contributed by atoms with van der Waals surface area (Å²) in [5, 5.41) is 20.4. The van der Waals surface area contributed by atoms with Crippen LogP contribution in [0.2, 0.25) is 0 Å². The van der Waals surface area contributed by atoms with Crippen LogP contribution in [-0.2, 0) is 0 Å². The quantitative estimate of drug-likeness (QED) is 0.752. The minimum Gasteiger partial charge on any atom is -0.393 e. The summed E-state index contributed by atoms with van der Waals surface area (Å²) >= 11 is 0. The lowest BCUT2D eigenvalue weighted by molar-refractivity contribution is -0.132. The van der Waals surface area contributed by atoms with Gasteiger partial charge in [-0.05, 0) is 105 Å². The largest absolute Gasteiger partial charge is 0.393 e. The molecule has 4 saturated carbocycles. The van der Waals surface area contributed by atoms with Gasteiger partial charge in [-0.2, -0.15) is 0 Å². The van der Waals surface area contributed by atoms with Gasteiger partial charge in [0.25, 0.3) is 0 Å². The normalized spacial score (nSPS) is 57.3. The van der Waals surface area contributed by atoms with E-state index in [-0.39, 0.29) is 12.2 Å². The highest BCUT2D eigenvalue weighted by Gasteiger charge is 2.60. The molecule has 9 atom stereocenters. The third-order valence-corrected chi connectivity index (χ3v) is 9.29. The Morgan fingerprint density at radius 1 is 0.870 bits per heavy atom. The minimum atomic E-state index is -0.140. The predicted octanol–water partition coefficient (Wildman–Crippen LogP) is 4.39. The number of hydrogen-bond acceptors (Lipinski definition) is 2. The molecule has 2 heteroatoms. The van der Waals surface area contributed by atoms with Crippen molar-refractivity contribution in [3.63, 3.8) is 0 Å². The van der Waals surface area contributed by atoms with Crippen molar-refractivity contribution in [2.24, 2.45) is 40.4 Å². The van der Waals surface area contributed by atoms with E-state index in [4.69, 9.17) is 0 Å². The van der Waals surface area contributed by atoms with E-state index < -0.39 is 0 Å². The molecule has 4 aliphatic carbocycles. The third-order valence-electron chi connectivity index (χ3n) is 9.29. The summed E-state index contributed by atoms with van der Waals surface area (Å²) in [5.41, 5.74) is 0.860. The van der Waals surface area contributed by atoms with Gasteiger partial charge < -0.3 is 10.2 Å². The maximum Gasteiger partial charge on any atom is 0.0545 e. The summed E-state index contributed by atoms with van der Waals surface area (Å²) < 4.78 is 0. The fourth-order valence-electron chi connectivity index (χ4n) is 8.07. The van der Waals surface area contributed by atoms with Crippen molar-refractivity contribution in [3.8, 4) is 0 Å². The monoisotopic (exact) mass is 320 g/mol. The lowest BCUT2D eigenvalue weighted by Gasteiger charge is -2.61. The third kappa shape index (κ3) is 2.27. The molecule has 0 amide bonds. The van der Waals surface area contributed by atoms with Crippen LogP contribution in [0.3, 0.4) is 0 Å². The fraction of sp³-hybridized carbons (Fsp3) is 1.00. The Hall–Kier alpha value is -0.0800. The first-order chi connectivity index (χ1) is 10.9. The first kappa shape index (κ1) is 16.4. The van der Waals surface area contributed by atoms with Gasteiger partial charge in [0.05, 0.1) is 12.2 Å². The van der Waals surface area contributed by atoms with E-state index in [1.807, 2.05) is 6.92 Å². The second-order valence-electron chi connectivity index (χ2n) is 10.1. The van der Waals surface area contributed by atoms with E-state index in [0.29, 0.717) is 16.7 Å². The molecule has 4 aliphatic rings. The standard InChI is InChI=1S/C21H36O2/c1-13(22)17-6-7-18-16-5-4-14-12-15(23)8-10-20(14,2)19(16)9-11-21(17,18)3/h13-19,22-23H,4-12H2,1-3H3/t13-,14+,15+,16-,17-,18+,19+,20-,21-/m0/s1. The number of rotatable bonds is 1. The maximum atomic E-state index is 10.3. The van der Waals surface area contributed by atoms with Crippen LogP contribution in [0.5, 0.6) is 0 Å². The Labute approximate surface area is 142 Å². The van der Waals surface area contributed by atoms with Gasteiger partial charge in [0.1, 0.15) is 0 Å². The lowest BCUT2D eigenvalue weighted by Crippen LogP contribution is -2.54. The second kappa shape index (κ2) is 5.46. The topological polar surface area (TPSA) is 40.5 Å². The number of hydrogen-bond donors (Lipinski definition) is 2. The molecule has 0 aromatic rings. The van der Waals surface area contributed by atoms with Crippen LogP contribution in [-0.4, -0.2) is 22.4 Å². The molecule has 0 saturated heterocycles. The molecule has 132 valence electrons. The molecule has 4 rings (SSSR count). The molecule has 0 radical (unpaired) electrons. The summed E-state index contributed by atoms with van der Waals surface area (Å²) in [7, 11) is 0. The van der Waals surface area contributed by atoms with E-state index in [2.05, 4.69) is 13.8 Å². The van der Waals surface area contributed by atoms with Crippen molar-refractivity contribution in [3.05, 3.63) is 0 Å².